The highest BCUT2D eigenvalue weighted by Crippen LogP contribution is 2.25. The van der Waals surface area contributed by atoms with E-state index in [-0.39, 0.29) is 42.8 Å². The summed E-state index contributed by atoms with van der Waals surface area (Å²) in [5, 5.41) is 5.39. The first kappa shape index (κ1) is 19.3. The van der Waals surface area contributed by atoms with Crippen LogP contribution in [0.15, 0.2) is 24.3 Å². The van der Waals surface area contributed by atoms with Gasteiger partial charge in [-0.3, -0.25) is 9.59 Å². The molecule has 0 spiro atoms. The number of nitrogens with one attached hydrogen (secondary N) is 2. The molecule has 128 valence electrons. The second kappa shape index (κ2) is 9.37. The number of likely N-dealkylation sites (N-methyl/N-ethyl adjacent to an activating group) is 1. The van der Waals surface area contributed by atoms with Gasteiger partial charge in [-0.15, -0.1) is 12.4 Å². The molecular formula is C16H24ClN3O3. The number of benzene rings is 1. The zero-order valence-corrected chi connectivity index (χ0v) is 14.0. The summed E-state index contributed by atoms with van der Waals surface area (Å²) in [6.45, 7) is -0.0256. The van der Waals surface area contributed by atoms with Crippen molar-refractivity contribution in [2.45, 2.75) is 31.7 Å². The van der Waals surface area contributed by atoms with Crippen molar-refractivity contribution in [1.29, 1.82) is 0 Å². The van der Waals surface area contributed by atoms with Gasteiger partial charge >= 0.3 is 0 Å². The predicted octanol–water partition coefficient (Wildman–Crippen LogP) is 1.69. The van der Waals surface area contributed by atoms with E-state index in [4.69, 9.17) is 10.5 Å². The maximum Gasteiger partial charge on any atom is 0.257 e. The highest BCUT2D eigenvalue weighted by molar-refractivity contribution is 5.92. The average Bonchev–Trinajstić information content (AvgIpc) is 2.53. The summed E-state index contributed by atoms with van der Waals surface area (Å²) in [7, 11) is 1.56. The molecule has 2 rings (SSSR count). The van der Waals surface area contributed by atoms with Gasteiger partial charge < -0.3 is 21.1 Å². The van der Waals surface area contributed by atoms with Crippen molar-refractivity contribution < 1.29 is 14.3 Å². The Balaban J connectivity index is 0.00000264. The number of anilines is 1. The predicted molar refractivity (Wildman–Crippen MR) is 91.8 cm³/mol. The second-order valence-corrected chi connectivity index (χ2v) is 5.60. The van der Waals surface area contributed by atoms with E-state index in [9.17, 15) is 9.59 Å². The molecule has 7 heteroatoms. The number of carbonyl (C=O) groups excluding carboxylic acids is 2. The van der Waals surface area contributed by atoms with Crippen LogP contribution in [0.3, 0.4) is 0 Å². The van der Waals surface area contributed by atoms with E-state index in [0.29, 0.717) is 5.75 Å². The Kier molecular flexibility index (Phi) is 7.85. The molecule has 23 heavy (non-hydrogen) atoms. The quantitative estimate of drug-likeness (QED) is 0.759. The van der Waals surface area contributed by atoms with Crippen molar-refractivity contribution in [3.8, 4) is 5.75 Å². The third-order valence-electron chi connectivity index (χ3n) is 3.86. The van der Waals surface area contributed by atoms with Crippen LogP contribution >= 0.6 is 12.4 Å². The van der Waals surface area contributed by atoms with E-state index in [0.717, 1.165) is 31.4 Å². The maximum atomic E-state index is 12.2. The number of nitrogens with two attached hydrogens (primary N) is 1. The standard InChI is InChI=1S/C16H23N3O3.ClH/c1-18-15(20)10-22-14-7-5-13(6-8-14)19-16(21)11-3-2-4-12(17)9-11;/h5-8,11-12H,2-4,9-10,17H2,1H3,(H,18,20)(H,19,21);1H. The lowest BCUT2D eigenvalue weighted by atomic mass is 9.85. The summed E-state index contributed by atoms with van der Waals surface area (Å²) in [5.41, 5.74) is 6.64. The van der Waals surface area contributed by atoms with Crippen LogP contribution in [-0.2, 0) is 9.59 Å². The molecule has 1 fully saturated rings. The number of amides is 2. The number of halogens is 1. The van der Waals surface area contributed by atoms with Crippen LogP contribution in [0, 0.1) is 5.92 Å². The molecule has 2 unspecified atom stereocenters. The van der Waals surface area contributed by atoms with Crippen molar-refractivity contribution in [3.05, 3.63) is 24.3 Å². The highest BCUT2D eigenvalue weighted by atomic mass is 35.5. The third kappa shape index (κ3) is 6.08. The van der Waals surface area contributed by atoms with Gasteiger partial charge in [-0.2, -0.15) is 0 Å². The van der Waals surface area contributed by atoms with E-state index < -0.39 is 0 Å². The summed E-state index contributed by atoms with van der Waals surface area (Å²) >= 11 is 0. The molecule has 0 heterocycles. The summed E-state index contributed by atoms with van der Waals surface area (Å²) < 4.78 is 5.31. The average molecular weight is 342 g/mol. The van der Waals surface area contributed by atoms with Crippen LogP contribution in [0.5, 0.6) is 5.75 Å². The van der Waals surface area contributed by atoms with Crippen molar-refractivity contribution in [1.82, 2.24) is 5.32 Å². The lowest BCUT2D eigenvalue weighted by Gasteiger charge is -2.25. The van der Waals surface area contributed by atoms with Gasteiger partial charge in [-0.1, -0.05) is 6.42 Å². The van der Waals surface area contributed by atoms with Gasteiger partial charge in [0.2, 0.25) is 5.91 Å². The molecule has 2 atom stereocenters. The smallest absolute Gasteiger partial charge is 0.257 e. The first-order chi connectivity index (χ1) is 10.6. The van der Waals surface area contributed by atoms with Gasteiger partial charge in [0.15, 0.2) is 6.61 Å². The molecule has 0 aliphatic heterocycles. The first-order valence-electron chi connectivity index (χ1n) is 7.58. The SMILES string of the molecule is CNC(=O)COc1ccc(NC(=O)C2CCCC(N)C2)cc1.Cl. The molecule has 0 saturated heterocycles. The van der Waals surface area contributed by atoms with Crippen LogP contribution in [0.4, 0.5) is 5.69 Å². The van der Waals surface area contributed by atoms with E-state index in [1.165, 1.54) is 0 Å². The van der Waals surface area contributed by atoms with Crippen molar-refractivity contribution in [3.63, 3.8) is 0 Å². The zero-order valence-electron chi connectivity index (χ0n) is 13.2. The van der Waals surface area contributed by atoms with E-state index >= 15 is 0 Å². The Morgan fingerprint density at radius 1 is 1.26 bits per heavy atom. The number of rotatable bonds is 5. The Labute approximate surface area is 142 Å². The van der Waals surface area contributed by atoms with Gasteiger partial charge in [0.25, 0.3) is 5.91 Å². The van der Waals surface area contributed by atoms with Gasteiger partial charge in [0.1, 0.15) is 5.75 Å². The third-order valence-corrected chi connectivity index (χ3v) is 3.86. The lowest BCUT2D eigenvalue weighted by molar-refractivity contribution is -0.122. The molecular weight excluding hydrogens is 318 g/mol. The highest BCUT2D eigenvalue weighted by Gasteiger charge is 2.25. The summed E-state index contributed by atoms with van der Waals surface area (Å²) in [4.78, 5) is 23.3. The molecule has 2 amide bonds. The molecule has 1 aliphatic rings. The van der Waals surface area contributed by atoms with Crippen LogP contribution in [0.2, 0.25) is 0 Å². The minimum atomic E-state index is -0.189. The Morgan fingerprint density at radius 3 is 2.57 bits per heavy atom. The molecule has 0 bridgehead atoms. The van der Waals surface area contributed by atoms with E-state index in [1.54, 1.807) is 31.3 Å². The minimum absolute atomic E-state index is 0. The van der Waals surface area contributed by atoms with Gasteiger partial charge in [0, 0.05) is 24.7 Å². The van der Waals surface area contributed by atoms with Gasteiger partial charge in [-0.05, 0) is 43.5 Å². The van der Waals surface area contributed by atoms with Crippen LogP contribution in [-0.4, -0.2) is 31.5 Å². The second-order valence-electron chi connectivity index (χ2n) is 5.60. The van der Waals surface area contributed by atoms with E-state index in [2.05, 4.69) is 10.6 Å². The van der Waals surface area contributed by atoms with Crippen molar-refractivity contribution in [2.75, 3.05) is 19.0 Å². The summed E-state index contributed by atoms with van der Waals surface area (Å²) in [6, 6.07) is 7.11. The summed E-state index contributed by atoms with van der Waals surface area (Å²) in [6.07, 6.45) is 3.65. The first-order valence-corrected chi connectivity index (χ1v) is 7.58. The minimum Gasteiger partial charge on any atom is -0.484 e. The molecule has 4 N–H and O–H groups in total. The van der Waals surface area contributed by atoms with Crippen molar-refractivity contribution in [2.24, 2.45) is 11.7 Å². The fourth-order valence-corrected chi connectivity index (χ4v) is 2.57. The van der Waals surface area contributed by atoms with Crippen LogP contribution in [0.25, 0.3) is 0 Å². The fourth-order valence-electron chi connectivity index (χ4n) is 2.57. The normalized spacial score (nSPS) is 20.1. The number of hydrogen-bond acceptors (Lipinski definition) is 4. The van der Waals surface area contributed by atoms with Crippen LogP contribution < -0.4 is 21.1 Å². The molecule has 1 aliphatic carbocycles. The molecule has 1 aromatic carbocycles. The Hall–Kier alpha value is -1.79. The number of hydrogen-bond donors (Lipinski definition) is 3. The largest absolute Gasteiger partial charge is 0.484 e. The Morgan fingerprint density at radius 2 is 1.96 bits per heavy atom. The summed E-state index contributed by atoms with van der Waals surface area (Å²) in [5.74, 6) is 0.411. The molecule has 6 nitrogen and oxygen atoms in total. The topological polar surface area (TPSA) is 93.5 Å². The lowest BCUT2D eigenvalue weighted by Crippen LogP contribution is -2.34. The number of ether oxygens (including phenoxy) is 1. The monoisotopic (exact) mass is 341 g/mol. The molecule has 1 aromatic rings. The molecule has 0 aromatic heterocycles. The number of carbonyl (C=O) groups is 2. The van der Waals surface area contributed by atoms with Gasteiger partial charge in [0.05, 0.1) is 0 Å². The molecule has 1 saturated carbocycles. The van der Waals surface area contributed by atoms with Gasteiger partial charge in [-0.25, -0.2) is 0 Å². The van der Waals surface area contributed by atoms with E-state index in [1.807, 2.05) is 0 Å². The van der Waals surface area contributed by atoms with Crippen molar-refractivity contribution >= 4 is 29.9 Å². The van der Waals surface area contributed by atoms with Crippen LogP contribution in [0.1, 0.15) is 25.7 Å². The fraction of sp³-hybridized carbons (Fsp3) is 0.500. The zero-order chi connectivity index (χ0) is 15.9. The Bertz CT molecular complexity index is 522. The molecule has 0 radical (unpaired) electrons. The maximum absolute atomic E-state index is 12.2.